The molecule has 0 aliphatic carbocycles. The molecular weight excluding hydrogens is 508 g/mol. The Bertz CT molecular complexity index is 1630. The van der Waals surface area contributed by atoms with E-state index in [1.807, 2.05) is 36.4 Å². The number of benzene rings is 4. The Morgan fingerprint density at radius 1 is 0.878 bits per heavy atom. The van der Waals surface area contributed by atoms with Gasteiger partial charge in [-0.05, 0) is 74.2 Å². The van der Waals surface area contributed by atoms with E-state index < -0.39 is 5.60 Å². The zero-order valence-corrected chi connectivity index (χ0v) is 24.6. The van der Waals surface area contributed by atoms with Crippen molar-refractivity contribution in [3.8, 4) is 11.5 Å². The van der Waals surface area contributed by atoms with E-state index in [1.165, 1.54) is 11.1 Å². The van der Waals surface area contributed by atoms with Crippen molar-refractivity contribution in [2.45, 2.75) is 53.1 Å². The summed E-state index contributed by atoms with van der Waals surface area (Å²) in [5, 5.41) is 3.57. The summed E-state index contributed by atoms with van der Waals surface area (Å²) in [6.07, 6.45) is 2.26. The minimum absolute atomic E-state index is 0.319. The zero-order valence-electron chi connectivity index (χ0n) is 24.6. The van der Waals surface area contributed by atoms with Gasteiger partial charge in [-0.2, -0.15) is 0 Å². The van der Waals surface area contributed by atoms with Crippen molar-refractivity contribution in [1.82, 2.24) is 0 Å². The number of hydrogen-bond donors (Lipinski definition) is 1. The first-order chi connectivity index (χ1) is 19.8. The number of nitrogens with one attached hydrogen (secondary N) is 1. The molecule has 2 aliphatic heterocycles. The summed E-state index contributed by atoms with van der Waals surface area (Å²) in [5.41, 5.74) is 7.44. The van der Waals surface area contributed by atoms with Gasteiger partial charge < -0.3 is 19.7 Å². The lowest BCUT2D eigenvalue weighted by Crippen LogP contribution is -2.34. The van der Waals surface area contributed by atoms with E-state index in [-0.39, 0.29) is 5.97 Å². The summed E-state index contributed by atoms with van der Waals surface area (Å²) in [5.74, 6) is 1.62. The second-order valence-electron chi connectivity index (χ2n) is 11.7. The molecule has 5 heteroatoms. The number of rotatable bonds is 8. The molecule has 0 radical (unpaired) electrons. The van der Waals surface area contributed by atoms with Gasteiger partial charge in [-0.1, -0.05) is 63.1 Å². The Balaban J connectivity index is 1.49. The molecule has 0 saturated heterocycles. The maximum absolute atomic E-state index is 13.3. The quantitative estimate of drug-likeness (QED) is 0.224. The predicted molar refractivity (Wildman–Crippen MR) is 166 cm³/mol. The summed E-state index contributed by atoms with van der Waals surface area (Å²) < 4.78 is 13.0. The molecule has 0 saturated carbocycles. The van der Waals surface area contributed by atoms with E-state index in [1.54, 1.807) is 0 Å². The summed E-state index contributed by atoms with van der Waals surface area (Å²) in [6, 6.07) is 26.5. The molecule has 4 aromatic rings. The molecule has 2 heterocycles. The topological polar surface area (TPSA) is 50.8 Å². The number of carbonyl (C=O) groups is 1. The summed E-state index contributed by atoms with van der Waals surface area (Å²) in [7, 11) is 0. The second kappa shape index (κ2) is 10.6. The van der Waals surface area contributed by atoms with Gasteiger partial charge in [0.25, 0.3) is 0 Å². The molecule has 5 nitrogen and oxygen atoms in total. The van der Waals surface area contributed by atoms with Crippen LogP contribution in [0.3, 0.4) is 0 Å². The van der Waals surface area contributed by atoms with Crippen molar-refractivity contribution in [3.63, 3.8) is 0 Å². The minimum Gasteiger partial charge on any atom is -0.456 e. The molecule has 0 fully saturated rings. The highest BCUT2D eigenvalue weighted by atomic mass is 16.6. The molecule has 0 aromatic heterocycles. The number of nitrogens with zero attached hydrogens (tertiary/aromatic N) is 1. The molecule has 4 aromatic carbocycles. The molecule has 6 rings (SSSR count). The standard InChI is InChI=1S/C36H38N2O3/c1-6-7-18-38(22-23(2)3)27-14-15-30-34(21-27)40-33-17-13-26(37-32-16-12-24(4)19-25(32)5)20-31(33)36(30)29-11-9-8-10-28(29)35(39)41-36/h8-17,19-21,23,37H,6-7,18,22H2,1-5H3. The van der Waals surface area contributed by atoms with Crippen LogP contribution in [-0.4, -0.2) is 19.1 Å². The number of aryl methyl sites for hydroxylation is 2. The number of ether oxygens (including phenoxy) is 2. The molecule has 1 spiro atoms. The summed E-state index contributed by atoms with van der Waals surface area (Å²) in [6.45, 7) is 12.9. The van der Waals surface area contributed by atoms with Crippen LogP contribution in [0.1, 0.15) is 71.8 Å². The maximum atomic E-state index is 13.3. The molecule has 1 unspecified atom stereocenters. The van der Waals surface area contributed by atoms with Gasteiger partial charge in [0.05, 0.1) is 5.56 Å². The van der Waals surface area contributed by atoms with E-state index in [0.717, 1.165) is 65.4 Å². The third-order valence-electron chi connectivity index (χ3n) is 8.09. The Kier molecular flexibility index (Phi) is 6.98. The van der Waals surface area contributed by atoms with Crippen molar-refractivity contribution >= 4 is 23.0 Å². The smallest absolute Gasteiger partial charge is 0.340 e. The minimum atomic E-state index is -1.10. The van der Waals surface area contributed by atoms with Gasteiger partial charge in [0.15, 0.2) is 5.60 Å². The van der Waals surface area contributed by atoms with Gasteiger partial charge >= 0.3 is 5.97 Å². The summed E-state index contributed by atoms with van der Waals surface area (Å²) in [4.78, 5) is 15.8. The number of esters is 1. The van der Waals surface area contributed by atoms with Gasteiger partial charge in [0, 0.05) is 52.9 Å². The van der Waals surface area contributed by atoms with Gasteiger partial charge in [-0.3, -0.25) is 0 Å². The van der Waals surface area contributed by atoms with Crippen LogP contribution < -0.4 is 15.0 Å². The first kappa shape index (κ1) is 26.9. The average molecular weight is 547 g/mol. The van der Waals surface area contributed by atoms with Crippen molar-refractivity contribution in [3.05, 3.63) is 112 Å². The van der Waals surface area contributed by atoms with E-state index in [4.69, 9.17) is 9.47 Å². The maximum Gasteiger partial charge on any atom is 0.340 e. The third-order valence-corrected chi connectivity index (χ3v) is 8.09. The molecular formula is C36H38N2O3. The fourth-order valence-corrected chi connectivity index (χ4v) is 6.16. The van der Waals surface area contributed by atoms with Gasteiger partial charge in [0.2, 0.25) is 0 Å². The number of carbonyl (C=O) groups excluding carboxylic acids is 1. The molecule has 1 atom stereocenters. The van der Waals surface area contributed by atoms with Gasteiger partial charge in [-0.15, -0.1) is 0 Å². The SMILES string of the molecule is CCCCN(CC(C)C)c1ccc2c(c1)Oc1ccc(Nc3ccc(C)cc3C)cc1C21OC(=O)c2ccccc21. The number of unbranched alkanes of at least 4 members (excludes halogenated alkanes) is 1. The van der Waals surface area contributed by atoms with Gasteiger partial charge in [0.1, 0.15) is 11.5 Å². The number of anilines is 3. The average Bonchev–Trinajstić information content (AvgIpc) is 3.25. The first-order valence-corrected chi connectivity index (χ1v) is 14.7. The van der Waals surface area contributed by atoms with E-state index in [9.17, 15) is 4.79 Å². The highest BCUT2D eigenvalue weighted by molar-refractivity contribution is 5.97. The van der Waals surface area contributed by atoms with E-state index in [0.29, 0.717) is 17.2 Å². The third kappa shape index (κ3) is 4.73. The lowest BCUT2D eigenvalue weighted by molar-refractivity contribution is 0.0224. The van der Waals surface area contributed by atoms with Crippen LogP contribution in [0.5, 0.6) is 11.5 Å². The van der Waals surface area contributed by atoms with Crippen molar-refractivity contribution in [1.29, 1.82) is 0 Å². The fourth-order valence-electron chi connectivity index (χ4n) is 6.16. The van der Waals surface area contributed by atoms with E-state index in [2.05, 4.69) is 87.3 Å². The zero-order chi connectivity index (χ0) is 28.7. The van der Waals surface area contributed by atoms with Crippen LogP contribution in [0.4, 0.5) is 17.1 Å². The lowest BCUT2D eigenvalue weighted by Gasteiger charge is -2.37. The van der Waals surface area contributed by atoms with E-state index >= 15 is 0 Å². The normalized spacial score (nSPS) is 16.6. The number of fused-ring (bicyclic) bond motifs is 6. The van der Waals surface area contributed by atoms with Crippen LogP contribution in [0, 0.1) is 19.8 Å². The molecule has 2 aliphatic rings. The fraction of sp³-hybridized carbons (Fsp3) is 0.306. The van der Waals surface area contributed by atoms with Crippen LogP contribution in [-0.2, 0) is 10.3 Å². The molecule has 1 N–H and O–H groups in total. The van der Waals surface area contributed by atoms with Crippen LogP contribution in [0.25, 0.3) is 0 Å². The molecule has 41 heavy (non-hydrogen) atoms. The monoisotopic (exact) mass is 546 g/mol. The van der Waals surface area contributed by atoms with Crippen molar-refractivity contribution in [2.75, 3.05) is 23.3 Å². The van der Waals surface area contributed by atoms with Gasteiger partial charge in [-0.25, -0.2) is 4.79 Å². The van der Waals surface area contributed by atoms with Crippen molar-refractivity contribution < 1.29 is 14.3 Å². The molecule has 210 valence electrons. The highest BCUT2D eigenvalue weighted by Gasteiger charge is 2.53. The van der Waals surface area contributed by atoms with Crippen molar-refractivity contribution in [2.24, 2.45) is 5.92 Å². The Hall–Kier alpha value is -4.25. The Labute approximate surface area is 243 Å². The highest BCUT2D eigenvalue weighted by Crippen LogP contribution is 2.57. The summed E-state index contributed by atoms with van der Waals surface area (Å²) >= 11 is 0. The molecule has 0 amide bonds. The first-order valence-electron chi connectivity index (χ1n) is 14.7. The van der Waals surface area contributed by atoms with Crippen LogP contribution >= 0.6 is 0 Å². The largest absolute Gasteiger partial charge is 0.456 e. The second-order valence-corrected chi connectivity index (χ2v) is 11.7. The van der Waals surface area contributed by atoms with Crippen LogP contribution in [0.2, 0.25) is 0 Å². The predicted octanol–water partition coefficient (Wildman–Crippen LogP) is 8.88. The Morgan fingerprint density at radius 3 is 2.49 bits per heavy atom. The van der Waals surface area contributed by atoms with Crippen LogP contribution in [0.15, 0.2) is 78.9 Å². The number of hydrogen-bond acceptors (Lipinski definition) is 5. The molecule has 0 bridgehead atoms. The lowest BCUT2D eigenvalue weighted by atomic mass is 9.77. The Morgan fingerprint density at radius 2 is 1.71 bits per heavy atom.